The summed E-state index contributed by atoms with van der Waals surface area (Å²) >= 11 is 0.936. The summed E-state index contributed by atoms with van der Waals surface area (Å²) in [4.78, 5) is 2.91. The fourth-order valence-corrected chi connectivity index (χ4v) is 5.34. The molecule has 174 valence electrons. The van der Waals surface area contributed by atoms with Crippen LogP contribution in [0.5, 0.6) is 5.75 Å². The Bertz CT molecular complexity index is 920. The molecule has 4 nitrogen and oxygen atoms in total. The third-order valence-electron chi connectivity index (χ3n) is 5.85. The van der Waals surface area contributed by atoms with Crippen molar-refractivity contribution in [2.24, 2.45) is 5.92 Å². The molecule has 3 aliphatic heterocycles. The summed E-state index contributed by atoms with van der Waals surface area (Å²) in [5, 5.41) is 9.11. The normalized spacial score (nSPS) is 23.3. The molecular formula is C23H25F4NO3S. The van der Waals surface area contributed by atoms with Gasteiger partial charge in [0.2, 0.25) is 0 Å². The smallest absolute Gasteiger partial charge is 0.455 e. The summed E-state index contributed by atoms with van der Waals surface area (Å²) in [5.74, 6) is 0.866. The van der Waals surface area contributed by atoms with Crippen molar-refractivity contribution in [1.29, 1.82) is 0 Å². The highest BCUT2D eigenvalue weighted by Crippen LogP contribution is 2.48. The maximum Gasteiger partial charge on any atom is 0.523 e. The van der Waals surface area contributed by atoms with E-state index >= 15 is 0 Å². The van der Waals surface area contributed by atoms with Crippen LogP contribution in [0.25, 0.3) is 5.57 Å². The van der Waals surface area contributed by atoms with Crippen LogP contribution in [0.15, 0.2) is 47.1 Å². The number of alkyl halides is 3. The third kappa shape index (κ3) is 5.75. The first-order valence-electron chi connectivity index (χ1n) is 10.7. The first-order valence-corrected chi connectivity index (χ1v) is 11.6. The zero-order valence-corrected chi connectivity index (χ0v) is 18.2. The molecule has 0 saturated carbocycles. The summed E-state index contributed by atoms with van der Waals surface area (Å²) in [5.41, 5.74) is 0.176. The van der Waals surface area contributed by atoms with Crippen molar-refractivity contribution in [1.82, 2.24) is 4.90 Å². The molecule has 1 aromatic rings. The van der Waals surface area contributed by atoms with Crippen LogP contribution >= 0.6 is 11.8 Å². The molecule has 0 aliphatic carbocycles. The van der Waals surface area contributed by atoms with Crippen molar-refractivity contribution >= 4 is 17.3 Å². The van der Waals surface area contributed by atoms with Gasteiger partial charge in [0.15, 0.2) is 0 Å². The van der Waals surface area contributed by atoms with E-state index in [0.29, 0.717) is 34.3 Å². The van der Waals surface area contributed by atoms with E-state index < -0.39 is 17.6 Å². The van der Waals surface area contributed by atoms with E-state index in [4.69, 9.17) is 9.84 Å². The molecule has 0 radical (unpaired) electrons. The molecule has 1 unspecified atom stereocenters. The van der Waals surface area contributed by atoms with E-state index in [1.54, 1.807) is 6.07 Å². The number of likely N-dealkylation sites (tertiary alicyclic amines) is 1. The maximum atomic E-state index is 13.8. The highest BCUT2D eigenvalue weighted by molar-refractivity contribution is 8.04. The number of fused-ring (bicyclic) bond motifs is 1. The monoisotopic (exact) mass is 471 g/mol. The van der Waals surface area contributed by atoms with Gasteiger partial charge in [-0.05, 0) is 74.5 Å². The van der Waals surface area contributed by atoms with Gasteiger partial charge >= 0.3 is 6.36 Å². The number of aliphatic hydroxyl groups is 1. The van der Waals surface area contributed by atoms with Gasteiger partial charge < -0.3 is 14.7 Å². The predicted molar refractivity (Wildman–Crippen MR) is 115 cm³/mol. The molecule has 0 amide bonds. The molecule has 1 fully saturated rings. The Morgan fingerprint density at radius 3 is 2.75 bits per heavy atom. The van der Waals surface area contributed by atoms with Crippen molar-refractivity contribution in [3.8, 4) is 5.75 Å². The van der Waals surface area contributed by atoms with Gasteiger partial charge in [-0.1, -0.05) is 17.8 Å². The van der Waals surface area contributed by atoms with Crippen LogP contribution in [0.3, 0.4) is 0 Å². The fourth-order valence-electron chi connectivity index (χ4n) is 4.25. The molecule has 0 aromatic heterocycles. The summed E-state index contributed by atoms with van der Waals surface area (Å²) < 4.78 is 61.9. The molecule has 1 aromatic carbocycles. The van der Waals surface area contributed by atoms with Gasteiger partial charge in [-0.2, -0.15) is 0 Å². The Morgan fingerprint density at radius 1 is 1.25 bits per heavy atom. The lowest BCUT2D eigenvalue weighted by Crippen LogP contribution is -2.34. The maximum absolute atomic E-state index is 13.8. The highest BCUT2D eigenvalue weighted by atomic mass is 32.2. The zero-order chi connectivity index (χ0) is 22.7. The first-order chi connectivity index (χ1) is 15.3. The van der Waals surface area contributed by atoms with Crippen molar-refractivity contribution in [2.45, 2.75) is 37.5 Å². The molecule has 3 heterocycles. The number of halogens is 4. The van der Waals surface area contributed by atoms with E-state index in [1.807, 2.05) is 6.08 Å². The second-order valence-corrected chi connectivity index (χ2v) is 9.16. The Hall–Kier alpha value is -1.81. The number of allylic oxidation sites excluding steroid dienone is 2. The van der Waals surface area contributed by atoms with E-state index in [2.05, 4.69) is 9.64 Å². The molecule has 0 spiro atoms. The fraction of sp³-hybridized carbons (Fsp3) is 0.478. The highest BCUT2D eigenvalue weighted by Gasteiger charge is 2.37. The molecule has 3 aliphatic rings. The molecule has 0 bridgehead atoms. The van der Waals surface area contributed by atoms with Crippen LogP contribution in [0.2, 0.25) is 0 Å². The number of rotatable bonds is 6. The first kappa shape index (κ1) is 23.4. The largest absolute Gasteiger partial charge is 0.523 e. The van der Waals surface area contributed by atoms with Crippen molar-refractivity contribution in [3.05, 3.63) is 58.5 Å². The van der Waals surface area contributed by atoms with Crippen molar-refractivity contribution in [2.75, 3.05) is 26.2 Å². The van der Waals surface area contributed by atoms with Crippen LogP contribution in [0.4, 0.5) is 17.6 Å². The van der Waals surface area contributed by atoms with E-state index in [0.717, 1.165) is 56.2 Å². The lowest BCUT2D eigenvalue weighted by atomic mass is 9.94. The Kier molecular flexibility index (Phi) is 7.29. The topological polar surface area (TPSA) is 41.9 Å². The summed E-state index contributed by atoms with van der Waals surface area (Å²) in [6, 6.07) is 4.20. The predicted octanol–water partition coefficient (Wildman–Crippen LogP) is 5.46. The van der Waals surface area contributed by atoms with Gasteiger partial charge in [-0.15, -0.1) is 13.2 Å². The summed E-state index contributed by atoms with van der Waals surface area (Å²) in [6.45, 7) is 2.97. The molecular weight excluding hydrogens is 446 g/mol. The summed E-state index contributed by atoms with van der Waals surface area (Å²) in [6.07, 6.45) is 3.63. The lowest BCUT2D eigenvalue weighted by molar-refractivity contribution is -0.325. The van der Waals surface area contributed by atoms with Gasteiger partial charge in [-0.25, -0.2) is 4.39 Å². The lowest BCUT2D eigenvalue weighted by Gasteiger charge is -2.32. The number of benzene rings is 1. The standard InChI is InChI=1S/C23H25F4NO3S/c24-16-3-4-17-18(2-1-10-28-11-7-15(8-12-28)9-13-29)22-19(30-20(17)14-16)5-6-21(32-22)31-23(25,26)27/h2-6,14-15,21,29H,1,7-13H2. The van der Waals surface area contributed by atoms with E-state index in [-0.39, 0.29) is 6.61 Å². The molecule has 1 N–H and O–H groups in total. The Labute approximate surface area is 188 Å². The number of piperidine rings is 1. The van der Waals surface area contributed by atoms with E-state index in [9.17, 15) is 17.6 Å². The van der Waals surface area contributed by atoms with Crippen LogP contribution in [-0.2, 0) is 4.74 Å². The number of ether oxygens (including phenoxy) is 2. The second kappa shape index (κ2) is 9.99. The van der Waals surface area contributed by atoms with Crippen LogP contribution in [0, 0.1) is 11.7 Å². The minimum atomic E-state index is -4.75. The van der Waals surface area contributed by atoms with Gasteiger partial charge in [0.25, 0.3) is 0 Å². The minimum Gasteiger partial charge on any atom is -0.455 e. The Balaban J connectivity index is 1.50. The molecule has 4 rings (SSSR count). The quantitative estimate of drug-likeness (QED) is 0.558. The zero-order valence-electron chi connectivity index (χ0n) is 17.4. The third-order valence-corrected chi connectivity index (χ3v) is 6.99. The average Bonchev–Trinajstić information content (AvgIpc) is 2.73. The van der Waals surface area contributed by atoms with Crippen LogP contribution in [-0.4, -0.2) is 48.0 Å². The van der Waals surface area contributed by atoms with E-state index in [1.165, 1.54) is 24.3 Å². The van der Waals surface area contributed by atoms with Gasteiger partial charge in [0.1, 0.15) is 22.8 Å². The average molecular weight is 472 g/mol. The van der Waals surface area contributed by atoms with Gasteiger partial charge in [0, 0.05) is 24.8 Å². The Morgan fingerprint density at radius 2 is 2.03 bits per heavy atom. The van der Waals surface area contributed by atoms with Crippen molar-refractivity contribution < 1.29 is 32.1 Å². The molecule has 1 saturated heterocycles. The molecule has 1 atom stereocenters. The number of hydrogen-bond donors (Lipinski definition) is 1. The van der Waals surface area contributed by atoms with Crippen molar-refractivity contribution in [3.63, 3.8) is 0 Å². The molecule has 9 heteroatoms. The molecule has 32 heavy (non-hydrogen) atoms. The number of hydrogen-bond acceptors (Lipinski definition) is 5. The minimum absolute atomic E-state index is 0.224. The number of nitrogens with zero attached hydrogens (tertiary/aromatic N) is 1. The van der Waals surface area contributed by atoms with Crippen LogP contribution in [0.1, 0.15) is 31.2 Å². The second-order valence-electron chi connectivity index (χ2n) is 8.05. The summed E-state index contributed by atoms with van der Waals surface area (Å²) in [7, 11) is 0. The van der Waals surface area contributed by atoms with Crippen LogP contribution < -0.4 is 4.74 Å². The SMILES string of the molecule is OCCC1CCN(CCC=C2C3=C(C=CC(OC(F)(F)F)S3)Oc3cc(F)ccc32)CC1. The van der Waals surface area contributed by atoms with Gasteiger partial charge in [-0.3, -0.25) is 4.74 Å². The number of thioether (sulfide) groups is 1. The number of aliphatic hydroxyl groups excluding tert-OH is 1. The van der Waals surface area contributed by atoms with Gasteiger partial charge in [0.05, 0.1) is 4.91 Å².